The van der Waals surface area contributed by atoms with Gasteiger partial charge < -0.3 is 42.5 Å². The van der Waals surface area contributed by atoms with E-state index in [-0.39, 0.29) is 12.8 Å². The number of carbonyl (C=O) groups is 5. The minimum atomic E-state index is -1.45. The first-order valence-electron chi connectivity index (χ1n) is 9.74. The van der Waals surface area contributed by atoms with E-state index in [1.54, 1.807) is 0 Å². The van der Waals surface area contributed by atoms with Crippen molar-refractivity contribution in [3.05, 3.63) is 36.4 Å². The van der Waals surface area contributed by atoms with E-state index in [2.05, 4.69) is 35.9 Å². The molecule has 4 amide bonds. The lowest BCUT2D eigenvalue weighted by molar-refractivity contribution is -0.142. The molecule has 3 unspecified atom stereocenters. The second-order valence-electron chi connectivity index (χ2n) is 7.08. The van der Waals surface area contributed by atoms with E-state index >= 15 is 0 Å². The fraction of sp³-hybridized carbons (Fsp3) is 0.389. The number of nitrogens with one attached hydrogen (secondary N) is 5. The number of nitrogens with zero attached hydrogens (tertiary/aromatic N) is 2. The Morgan fingerprint density at radius 2 is 1.55 bits per heavy atom. The summed E-state index contributed by atoms with van der Waals surface area (Å²) >= 11 is 0. The van der Waals surface area contributed by atoms with E-state index in [4.69, 9.17) is 11.5 Å². The standard InChI is InChI=1S/C18H25N9O6/c19-11(1-9-4-21-7-24-9)16(30)23-6-15(29)26-12(3-14(20)28)17(31)27-13(18(32)33)2-10-5-22-8-25-10/h4-5,7-8,11-13H,1-3,6,19H2,(H2,20,28)(H,21,24)(H,22,25)(H,23,30)(H,26,29)(H,27,31)(H,32,33). The smallest absolute Gasteiger partial charge is 0.326 e. The molecule has 0 aliphatic heterocycles. The van der Waals surface area contributed by atoms with E-state index in [0.717, 1.165) is 0 Å². The predicted molar refractivity (Wildman–Crippen MR) is 111 cm³/mol. The van der Waals surface area contributed by atoms with Crippen LogP contribution in [0.15, 0.2) is 25.0 Å². The Morgan fingerprint density at radius 1 is 0.939 bits per heavy atom. The number of hydrogen-bond acceptors (Lipinski definition) is 8. The van der Waals surface area contributed by atoms with Crippen molar-refractivity contribution in [1.29, 1.82) is 0 Å². The quantitative estimate of drug-likeness (QED) is 0.145. The van der Waals surface area contributed by atoms with Gasteiger partial charge in [0.1, 0.15) is 12.1 Å². The Morgan fingerprint density at radius 3 is 2.06 bits per heavy atom. The van der Waals surface area contributed by atoms with Crippen LogP contribution in [0.3, 0.4) is 0 Å². The molecule has 15 nitrogen and oxygen atoms in total. The molecular formula is C18H25N9O6. The highest BCUT2D eigenvalue weighted by Gasteiger charge is 2.28. The molecule has 178 valence electrons. The van der Waals surface area contributed by atoms with Gasteiger partial charge in [-0.25, -0.2) is 14.8 Å². The van der Waals surface area contributed by atoms with E-state index < -0.39 is 60.7 Å². The SMILES string of the molecule is NC(=O)CC(NC(=O)CNC(=O)C(N)Cc1cnc[nH]1)C(=O)NC(Cc1cnc[nH]1)C(=O)O. The topological polar surface area (TPSA) is 251 Å². The molecule has 0 spiro atoms. The number of hydrogen-bond donors (Lipinski definition) is 8. The lowest BCUT2D eigenvalue weighted by atomic mass is 10.1. The minimum Gasteiger partial charge on any atom is -0.480 e. The summed E-state index contributed by atoms with van der Waals surface area (Å²) in [5.74, 6) is -4.60. The highest BCUT2D eigenvalue weighted by molar-refractivity contribution is 5.95. The van der Waals surface area contributed by atoms with Crippen molar-refractivity contribution in [1.82, 2.24) is 35.9 Å². The average Bonchev–Trinajstić information content (AvgIpc) is 3.44. The summed E-state index contributed by atoms with van der Waals surface area (Å²) in [6.07, 6.45) is 5.15. The van der Waals surface area contributed by atoms with Gasteiger partial charge in [0, 0.05) is 36.6 Å². The molecule has 15 heteroatoms. The number of aliphatic carboxylic acids is 1. The monoisotopic (exact) mass is 463 g/mol. The van der Waals surface area contributed by atoms with Crippen molar-refractivity contribution < 1.29 is 29.1 Å². The third-order valence-corrected chi connectivity index (χ3v) is 4.41. The van der Waals surface area contributed by atoms with Gasteiger partial charge in [0.05, 0.1) is 31.7 Å². The first-order chi connectivity index (χ1) is 15.7. The highest BCUT2D eigenvalue weighted by Crippen LogP contribution is 2.01. The normalized spacial score (nSPS) is 13.4. The van der Waals surface area contributed by atoms with Crippen molar-refractivity contribution in [2.24, 2.45) is 11.5 Å². The first-order valence-corrected chi connectivity index (χ1v) is 9.74. The number of carboxylic acid groups (broad SMARTS) is 1. The number of aromatic nitrogens is 4. The number of carbonyl (C=O) groups excluding carboxylic acids is 4. The van der Waals surface area contributed by atoms with Gasteiger partial charge in [-0.3, -0.25) is 19.2 Å². The predicted octanol–water partition coefficient (Wildman–Crippen LogP) is -3.71. The van der Waals surface area contributed by atoms with E-state index in [1.165, 1.54) is 25.0 Å². The molecule has 2 aromatic heterocycles. The van der Waals surface area contributed by atoms with Crippen LogP contribution in [0.25, 0.3) is 0 Å². The molecule has 2 aromatic rings. The zero-order chi connectivity index (χ0) is 24.4. The number of carboxylic acids is 1. The largest absolute Gasteiger partial charge is 0.480 e. The van der Waals surface area contributed by atoms with Gasteiger partial charge in [-0.2, -0.15) is 0 Å². The number of aromatic amines is 2. The Hall–Kier alpha value is -4.27. The average molecular weight is 463 g/mol. The number of amides is 4. The van der Waals surface area contributed by atoms with Gasteiger partial charge in [-0.1, -0.05) is 0 Å². The maximum atomic E-state index is 12.5. The van der Waals surface area contributed by atoms with Gasteiger partial charge >= 0.3 is 5.97 Å². The zero-order valence-corrected chi connectivity index (χ0v) is 17.4. The fourth-order valence-corrected chi connectivity index (χ4v) is 2.77. The number of imidazole rings is 2. The first kappa shape index (κ1) is 25.0. The second-order valence-corrected chi connectivity index (χ2v) is 7.08. The molecule has 2 heterocycles. The van der Waals surface area contributed by atoms with Crippen molar-refractivity contribution in [2.45, 2.75) is 37.4 Å². The number of primary amides is 1. The summed E-state index contributed by atoms with van der Waals surface area (Å²) in [5.41, 5.74) is 12.0. The van der Waals surface area contributed by atoms with Crippen LogP contribution >= 0.6 is 0 Å². The van der Waals surface area contributed by atoms with Crippen molar-refractivity contribution in [3.63, 3.8) is 0 Å². The minimum absolute atomic E-state index is 0.109. The molecule has 2 rings (SSSR count). The van der Waals surface area contributed by atoms with Crippen LogP contribution in [0.2, 0.25) is 0 Å². The molecule has 0 radical (unpaired) electrons. The second kappa shape index (κ2) is 11.9. The number of H-pyrrole nitrogens is 2. The number of rotatable bonds is 13. The highest BCUT2D eigenvalue weighted by atomic mass is 16.4. The summed E-state index contributed by atoms with van der Waals surface area (Å²) in [5, 5.41) is 16.2. The molecule has 10 N–H and O–H groups in total. The fourth-order valence-electron chi connectivity index (χ4n) is 2.77. The summed E-state index contributed by atoms with van der Waals surface area (Å²) in [4.78, 5) is 72.7. The van der Waals surface area contributed by atoms with E-state index in [0.29, 0.717) is 11.4 Å². The van der Waals surface area contributed by atoms with Crippen molar-refractivity contribution in [2.75, 3.05) is 6.54 Å². The van der Waals surface area contributed by atoms with Gasteiger partial charge in [0.25, 0.3) is 0 Å². The third kappa shape index (κ3) is 8.41. The maximum Gasteiger partial charge on any atom is 0.326 e. The molecule has 0 saturated carbocycles. The van der Waals surface area contributed by atoms with Crippen LogP contribution in [0.4, 0.5) is 0 Å². The third-order valence-electron chi connectivity index (χ3n) is 4.41. The van der Waals surface area contributed by atoms with Crippen LogP contribution in [-0.2, 0) is 36.8 Å². The van der Waals surface area contributed by atoms with Gasteiger partial charge in [0.15, 0.2) is 0 Å². The molecule has 0 fully saturated rings. The summed E-state index contributed by atoms with van der Waals surface area (Å²) < 4.78 is 0. The van der Waals surface area contributed by atoms with Crippen molar-refractivity contribution >= 4 is 29.6 Å². The van der Waals surface area contributed by atoms with Crippen LogP contribution in [0.1, 0.15) is 17.8 Å². The van der Waals surface area contributed by atoms with Crippen LogP contribution in [-0.4, -0.2) is 79.3 Å². The van der Waals surface area contributed by atoms with Gasteiger partial charge in [-0.15, -0.1) is 0 Å². The van der Waals surface area contributed by atoms with Gasteiger partial charge in [0.2, 0.25) is 23.6 Å². The maximum absolute atomic E-state index is 12.5. The Balaban J connectivity index is 1.91. The van der Waals surface area contributed by atoms with E-state index in [9.17, 15) is 29.1 Å². The molecule has 0 bridgehead atoms. The molecule has 0 aromatic carbocycles. The Kier molecular flexibility index (Phi) is 9.05. The van der Waals surface area contributed by atoms with E-state index in [1.807, 2.05) is 0 Å². The molecule has 3 atom stereocenters. The zero-order valence-electron chi connectivity index (χ0n) is 17.4. The van der Waals surface area contributed by atoms with Crippen molar-refractivity contribution in [3.8, 4) is 0 Å². The number of nitrogens with two attached hydrogens (primary N) is 2. The van der Waals surface area contributed by atoms with Crippen LogP contribution in [0, 0.1) is 0 Å². The molecule has 33 heavy (non-hydrogen) atoms. The molecule has 0 saturated heterocycles. The summed E-state index contributed by atoms with van der Waals surface area (Å²) in [6, 6.07) is -3.76. The van der Waals surface area contributed by atoms with Crippen LogP contribution < -0.4 is 27.4 Å². The Bertz CT molecular complexity index is 960. The lowest BCUT2D eigenvalue weighted by Crippen LogP contribution is -2.55. The summed E-state index contributed by atoms with van der Waals surface area (Å²) in [6.45, 7) is -0.533. The Labute approximate surface area is 187 Å². The molecule has 0 aliphatic rings. The lowest BCUT2D eigenvalue weighted by Gasteiger charge is -2.20. The molecule has 0 aliphatic carbocycles. The summed E-state index contributed by atoms with van der Waals surface area (Å²) in [7, 11) is 0. The molecular weight excluding hydrogens is 438 g/mol. The van der Waals surface area contributed by atoms with Gasteiger partial charge in [-0.05, 0) is 0 Å². The van der Waals surface area contributed by atoms with Crippen LogP contribution in [0.5, 0.6) is 0 Å².